The summed E-state index contributed by atoms with van der Waals surface area (Å²) in [6.45, 7) is 11.3. The number of rotatable bonds is 11. The zero-order chi connectivity index (χ0) is 15.6. The molecule has 0 heterocycles. The van der Waals surface area contributed by atoms with E-state index < -0.39 is 5.54 Å². The van der Waals surface area contributed by atoms with Crippen molar-refractivity contribution in [3.05, 3.63) is 0 Å². The first-order valence-corrected chi connectivity index (χ1v) is 7.29. The second-order valence-electron chi connectivity index (χ2n) is 5.83. The van der Waals surface area contributed by atoms with Crippen molar-refractivity contribution in [3.8, 4) is 6.07 Å². The number of methoxy groups -OCH3 is 2. The van der Waals surface area contributed by atoms with Crippen LogP contribution in [0.5, 0.6) is 0 Å². The number of ether oxygens (including phenoxy) is 2. The fourth-order valence-electron chi connectivity index (χ4n) is 2.27. The van der Waals surface area contributed by atoms with Crippen LogP contribution in [0.15, 0.2) is 0 Å². The minimum Gasteiger partial charge on any atom is -0.383 e. The van der Waals surface area contributed by atoms with Crippen molar-refractivity contribution >= 4 is 0 Å². The van der Waals surface area contributed by atoms with Gasteiger partial charge in [0.15, 0.2) is 0 Å². The van der Waals surface area contributed by atoms with E-state index in [9.17, 15) is 5.26 Å². The highest BCUT2D eigenvalue weighted by Gasteiger charge is 2.26. The molecule has 2 atom stereocenters. The minimum atomic E-state index is -0.494. The van der Waals surface area contributed by atoms with Crippen LogP contribution >= 0.6 is 0 Å². The number of nitrogens with one attached hydrogen (secondary N) is 1. The van der Waals surface area contributed by atoms with Crippen LogP contribution in [0.3, 0.4) is 0 Å². The van der Waals surface area contributed by atoms with E-state index in [4.69, 9.17) is 9.47 Å². The molecule has 0 amide bonds. The van der Waals surface area contributed by atoms with E-state index in [1.807, 2.05) is 6.92 Å². The summed E-state index contributed by atoms with van der Waals surface area (Å²) in [4.78, 5) is 2.31. The maximum Gasteiger partial charge on any atom is 0.105 e. The lowest BCUT2D eigenvalue weighted by atomic mass is 9.98. The van der Waals surface area contributed by atoms with Crippen LogP contribution in [0.1, 0.15) is 34.1 Å². The summed E-state index contributed by atoms with van der Waals surface area (Å²) in [6, 6.07) is 3.00. The zero-order valence-corrected chi connectivity index (χ0v) is 13.9. The topological polar surface area (TPSA) is 57.5 Å². The fraction of sp³-hybridized carbons (Fsp3) is 0.933. The minimum absolute atomic E-state index is 0.295. The molecule has 0 aliphatic carbocycles. The highest BCUT2D eigenvalue weighted by Crippen LogP contribution is 2.12. The van der Waals surface area contributed by atoms with E-state index in [0.717, 1.165) is 19.5 Å². The van der Waals surface area contributed by atoms with Gasteiger partial charge in [-0.05, 0) is 34.1 Å². The molecule has 0 aromatic heterocycles. The summed E-state index contributed by atoms with van der Waals surface area (Å²) in [5.41, 5.74) is -0.494. The Morgan fingerprint density at radius 1 is 1.20 bits per heavy atom. The molecule has 0 radical (unpaired) electrons. The van der Waals surface area contributed by atoms with Crippen LogP contribution in [-0.2, 0) is 9.47 Å². The average molecular weight is 285 g/mol. The summed E-state index contributed by atoms with van der Waals surface area (Å²) in [7, 11) is 3.42. The van der Waals surface area contributed by atoms with Gasteiger partial charge in [0.1, 0.15) is 5.54 Å². The van der Waals surface area contributed by atoms with Crippen LogP contribution in [0, 0.1) is 11.3 Å². The molecule has 0 aromatic rings. The van der Waals surface area contributed by atoms with Crippen LogP contribution in [0.4, 0.5) is 0 Å². The quantitative estimate of drug-likeness (QED) is 0.625. The third kappa shape index (κ3) is 7.81. The van der Waals surface area contributed by atoms with E-state index in [1.165, 1.54) is 0 Å². The SMILES string of the molecule is COCCN(CCC(C)(C#N)NC(C)C)C(C)COC. The van der Waals surface area contributed by atoms with Crippen LogP contribution in [-0.4, -0.2) is 63.0 Å². The summed E-state index contributed by atoms with van der Waals surface area (Å²) in [6.07, 6.45) is 0.777. The van der Waals surface area contributed by atoms with Gasteiger partial charge in [0.2, 0.25) is 0 Å². The van der Waals surface area contributed by atoms with Gasteiger partial charge < -0.3 is 9.47 Å². The van der Waals surface area contributed by atoms with Crippen molar-refractivity contribution in [1.82, 2.24) is 10.2 Å². The Balaban J connectivity index is 4.52. The zero-order valence-electron chi connectivity index (χ0n) is 13.9. The Morgan fingerprint density at radius 2 is 1.85 bits per heavy atom. The number of hydrogen-bond acceptors (Lipinski definition) is 5. The number of hydrogen-bond donors (Lipinski definition) is 1. The van der Waals surface area contributed by atoms with Crippen molar-refractivity contribution in [2.75, 3.05) is 40.5 Å². The van der Waals surface area contributed by atoms with E-state index in [0.29, 0.717) is 25.3 Å². The first-order valence-electron chi connectivity index (χ1n) is 7.29. The van der Waals surface area contributed by atoms with Crippen LogP contribution in [0.25, 0.3) is 0 Å². The molecule has 0 saturated heterocycles. The van der Waals surface area contributed by atoms with Gasteiger partial charge in [-0.2, -0.15) is 5.26 Å². The lowest BCUT2D eigenvalue weighted by molar-refractivity contribution is 0.0707. The van der Waals surface area contributed by atoms with Gasteiger partial charge in [0, 0.05) is 39.4 Å². The third-order valence-electron chi connectivity index (χ3n) is 3.37. The van der Waals surface area contributed by atoms with Gasteiger partial charge in [-0.3, -0.25) is 10.2 Å². The van der Waals surface area contributed by atoms with E-state index in [-0.39, 0.29) is 0 Å². The normalized spacial score (nSPS) is 16.1. The molecule has 0 saturated carbocycles. The average Bonchev–Trinajstić information content (AvgIpc) is 2.38. The van der Waals surface area contributed by atoms with E-state index in [2.05, 4.69) is 37.1 Å². The van der Waals surface area contributed by atoms with Gasteiger partial charge in [-0.1, -0.05) is 0 Å². The Morgan fingerprint density at radius 3 is 2.30 bits per heavy atom. The Labute approximate surface area is 124 Å². The van der Waals surface area contributed by atoms with Gasteiger partial charge in [0.05, 0.1) is 19.3 Å². The Hall–Kier alpha value is -0.670. The summed E-state index contributed by atoms with van der Waals surface area (Å²) in [5.74, 6) is 0. The number of nitrogens with zero attached hydrogens (tertiary/aromatic N) is 2. The molecular weight excluding hydrogens is 254 g/mol. The Bertz CT molecular complexity index is 291. The maximum absolute atomic E-state index is 9.38. The van der Waals surface area contributed by atoms with E-state index in [1.54, 1.807) is 14.2 Å². The molecule has 5 nitrogen and oxygen atoms in total. The number of nitriles is 1. The monoisotopic (exact) mass is 285 g/mol. The van der Waals surface area contributed by atoms with Crippen molar-refractivity contribution in [1.29, 1.82) is 5.26 Å². The van der Waals surface area contributed by atoms with Crippen molar-refractivity contribution in [3.63, 3.8) is 0 Å². The van der Waals surface area contributed by atoms with E-state index >= 15 is 0 Å². The molecular formula is C15H31N3O2. The second kappa shape index (κ2) is 10.1. The molecule has 118 valence electrons. The molecule has 20 heavy (non-hydrogen) atoms. The lowest BCUT2D eigenvalue weighted by Crippen LogP contribution is -2.49. The highest BCUT2D eigenvalue weighted by atomic mass is 16.5. The fourth-order valence-corrected chi connectivity index (χ4v) is 2.27. The molecule has 0 spiro atoms. The standard InChI is InChI=1S/C15H31N3O2/c1-13(2)17-15(4,12-16)7-8-18(9-10-19-5)14(3)11-20-6/h13-14,17H,7-11H2,1-6H3. The molecule has 5 heteroatoms. The predicted octanol–water partition coefficient (Wildman–Crippen LogP) is 1.64. The summed E-state index contributed by atoms with van der Waals surface area (Å²) < 4.78 is 10.4. The summed E-state index contributed by atoms with van der Waals surface area (Å²) >= 11 is 0. The molecule has 0 rings (SSSR count). The predicted molar refractivity (Wildman–Crippen MR) is 81.7 cm³/mol. The maximum atomic E-state index is 9.38. The first kappa shape index (κ1) is 19.3. The first-order chi connectivity index (χ1) is 9.38. The van der Waals surface area contributed by atoms with Gasteiger partial charge in [-0.15, -0.1) is 0 Å². The molecule has 0 fully saturated rings. The molecule has 0 bridgehead atoms. The van der Waals surface area contributed by atoms with Gasteiger partial charge in [0.25, 0.3) is 0 Å². The van der Waals surface area contributed by atoms with Crippen molar-refractivity contribution in [2.45, 2.75) is 51.7 Å². The molecule has 2 unspecified atom stereocenters. The largest absolute Gasteiger partial charge is 0.383 e. The van der Waals surface area contributed by atoms with Crippen LogP contribution < -0.4 is 5.32 Å². The van der Waals surface area contributed by atoms with Crippen molar-refractivity contribution in [2.24, 2.45) is 0 Å². The molecule has 0 aliphatic heterocycles. The molecule has 0 aliphatic rings. The van der Waals surface area contributed by atoms with Crippen LogP contribution in [0.2, 0.25) is 0 Å². The molecule has 0 aromatic carbocycles. The smallest absolute Gasteiger partial charge is 0.105 e. The Kier molecular flexibility index (Phi) is 9.78. The second-order valence-corrected chi connectivity index (χ2v) is 5.83. The van der Waals surface area contributed by atoms with Gasteiger partial charge in [-0.25, -0.2) is 0 Å². The highest BCUT2D eigenvalue weighted by molar-refractivity contribution is 5.04. The summed E-state index contributed by atoms with van der Waals surface area (Å²) in [5, 5.41) is 12.7. The molecule has 1 N–H and O–H groups in total. The third-order valence-corrected chi connectivity index (χ3v) is 3.37. The van der Waals surface area contributed by atoms with Gasteiger partial charge >= 0.3 is 0 Å². The lowest BCUT2D eigenvalue weighted by Gasteiger charge is -2.32. The van der Waals surface area contributed by atoms with Crippen molar-refractivity contribution < 1.29 is 9.47 Å².